The van der Waals surface area contributed by atoms with E-state index in [1.165, 1.54) is 0 Å². The van der Waals surface area contributed by atoms with Gasteiger partial charge in [0.2, 0.25) is 17.8 Å². The molecule has 1 unspecified atom stereocenters. The van der Waals surface area contributed by atoms with E-state index in [0.29, 0.717) is 17.6 Å². The number of nitrogens with one attached hydrogen (secondary N) is 3. The molecule has 2 aliphatic rings. The van der Waals surface area contributed by atoms with E-state index in [1.54, 1.807) is 0 Å². The lowest BCUT2D eigenvalue weighted by molar-refractivity contribution is -0.123. The molecule has 2 aromatic carbocycles. The number of nitrogens with zero attached hydrogens (tertiary/aromatic N) is 2. The first-order chi connectivity index (χ1) is 15.5. The fourth-order valence-electron chi connectivity index (χ4n) is 4.51. The van der Waals surface area contributed by atoms with Crippen LogP contribution in [0.3, 0.4) is 0 Å². The summed E-state index contributed by atoms with van der Waals surface area (Å²) in [5.41, 5.74) is 0.460. The third kappa shape index (κ3) is 3.72. The monoisotopic (exact) mass is 431 g/mol. The van der Waals surface area contributed by atoms with Crippen molar-refractivity contribution in [3.63, 3.8) is 0 Å². The third-order valence-corrected chi connectivity index (χ3v) is 6.39. The van der Waals surface area contributed by atoms with Crippen LogP contribution in [-0.4, -0.2) is 34.9 Å². The van der Waals surface area contributed by atoms with Gasteiger partial charge in [-0.25, -0.2) is 0 Å². The fourth-order valence-corrected chi connectivity index (χ4v) is 4.51. The minimum absolute atomic E-state index is 0.102. The zero-order valence-corrected chi connectivity index (χ0v) is 17.9. The molecule has 3 N–H and O–H groups in total. The average Bonchev–Trinajstić information content (AvgIpc) is 2.79. The van der Waals surface area contributed by atoms with Crippen molar-refractivity contribution >= 4 is 40.0 Å². The molecule has 0 aliphatic carbocycles. The molecule has 1 aromatic heterocycles. The van der Waals surface area contributed by atoms with Crippen molar-refractivity contribution in [1.29, 1.82) is 0 Å². The van der Waals surface area contributed by atoms with Crippen LogP contribution in [0.4, 0.5) is 17.5 Å². The number of aromatic amines is 1. The summed E-state index contributed by atoms with van der Waals surface area (Å²) in [5, 5.41) is 7.49. The molecular formula is C24H25N5O3. The Morgan fingerprint density at radius 1 is 1.09 bits per heavy atom. The number of hydrogen-bond acceptors (Lipinski definition) is 5. The molecular weight excluding hydrogens is 406 g/mol. The van der Waals surface area contributed by atoms with Crippen molar-refractivity contribution in [2.75, 3.05) is 28.6 Å². The summed E-state index contributed by atoms with van der Waals surface area (Å²) >= 11 is 0. The number of aromatic nitrogens is 2. The largest absolute Gasteiger partial charge is 0.342 e. The molecule has 0 saturated carbocycles. The SMILES string of the molecule is CC1CCN(c2nc3c(c(=O)[nH]2)C(C(=O)Nc2cccc4ccccc24)CC(=O)N3)CC1. The van der Waals surface area contributed by atoms with Gasteiger partial charge < -0.3 is 15.5 Å². The Bertz CT molecular complexity index is 1250. The van der Waals surface area contributed by atoms with Gasteiger partial charge in [0.15, 0.2) is 0 Å². The second-order valence-electron chi connectivity index (χ2n) is 8.64. The van der Waals surface area contributed by atoms with Gasteiger partial charge >= 0.3 is 0 Å². The number of fused-ring (bicyclic) bond motifs is 2. The van der Waals surface area contributed by atoms with Crippen molar-refractivity contribution in [2.45, 2.75) is 32.1 Å². The maximum atomic E-state index is 13.2. The third-order valence-electron chi connectivity index (χ3n) is 6.39. The van der Waals surface area contributed by atoms with Gasteiger partial charge in [-0.05, 0) is 30.2 Å². The van der Waals surface area contributed by atoms with Crippen molar-refractivity contribution in [2.24, 2.45) is 5.92 Å². The zero-order valence-electron chi connectivity index (χ0n) is 17.9. The molecule has 8 heteroatoms. The standard InChI is InChI=1S/C24H25N5O3/c1-14-9-11-29(12-10-14)24-27-21-20(23(32)28-24)17(13-19(30)26-21)22(31)25-18-8-4-6-15-5-2-3-7-16(15)18/h2-8,14,17H,9-13H2,1H3,(H,25,31)(H2,26,27,28,30,32). The highest BCUT2D eigenvalue weighted by molar-refractivity contribution is 6.08. The van der Waals surface area contributed by atoms with Gasteiger partial charge in [0, 0.05) is 30.6 Å². The number of carbonyl (C=O) groups excluding carboxylic acids is 2. The van der Waals surface area contributed by atoms with Crippen LogP contribution in [-0.2, 0) is 9.59 Å². The normalized spacial score (nSPS) is 18.8. The fraction of sp³-hybridized carbons (Fsp3) is 0.333. The molecule has 2 aliphatic heterocycles. The summed E-state index contributed by atoms with van der Waals surface area (Å²) in [4.78, 5) is 48.0. The van der Waals surface area contributed by atoms with Crippen molar-refractivity contribution in [1.82, 2.24) is 9.97 Å². The van der Waals surface area contributed by atoms with Crippen LogP contribution in [0.1, 0.15) is 37.7 Å². The smallest absolute Gasteiger partial charge is 0.258 e. The van der Waals surface area contributed by atoms with Crippen molar-refractivity contribution < 1.29 is 9.59 Å². The van der Waals surface area contributed by atoms with Crippen LogP contribution < -0.4 is 21.1 Å². The molecule has 0 bridgehead atoms. The van der Waals surface area contributed by atoms with E-state index in [1.807, 2.05) is 47.4 Å². The highest BCUT2D eigenvalue weighted by Crippen LogP contribution is 2.32. The second kappa shape index (κ2) is 8.11. The summed E-state index contributed by atoms with van der Waals surface area (Å²) in [6.45, 7) is 3.80. The average molecular weight is 431 g/mol. The molecule has 0 spiro atoms. The van der Waals surface area contributed by atoms with Crippen LogP contribution in [0.25, 0.3) is 10.8 Å². The Hall–Kier alpha value is -3.68. The lowest BCUT2D eigenvalue weighted by Gasteiger charge is -2.31. The lowest BCUT2D eigenvalue weighted by atomic mass is 9.92. The highest BCUT2D eigenvalue weighted by atomic mass is 16.2. The number of anilines is 3. The molecule has 1 saturated heterocycles. The number of piperidine rings is 1. The van der Waals surface area contributed by atoms with E-state index in [-0.39, 0.29) is 29.3 Å². The Labute approximate surface area is 185 Å². The predicted molar refractivity (Wildman–Crippen MR) is 124 cm³/mol. The van der Waals surface area contributed by atoms with Gasteiger partial charge in [0.1, 0.15) is 5.82 Å². The van der Waals surface area contributed by atoms with E-state index in [0.717, 1.165) is 36.7 Å². The van der Waals surface area contributed by atoms with Crippen LogP contribution in [0.2, 0.25) is 0 Å². The zero-order chi connectivity index (χ0) is 22.2. The number of carbonyl (C=O) groups is 2. The van der Waals surface area contributed by atoms with Crippen molar-refractivity contribution in [3.8, 4) is 0 Å². The van der Waals surface area contributed by atoms with E-state index in [9.17, 15) is 14.4 Å². The first-order valence-corrected chi connectivity index (χ1v) is 11.0. The minimum Gasteiger partial charge on any atom is -0.342 e. The Morgan fingerprint density at radius 2 is 1.84 bits per heavy atom. The van der Waals surface area contributed by atoms with Gasteiger partial charge in [0.25, 0.3) is 5.56 Å². The molecule has 2 amide bonds. The van der Waals surface area contributed by atoms with Gasteiger partial charge in [0.05, 0.1) is 11.5 Å². The number of amides is 2. The maximum Gasteiger partial charge on any atom is 0.258 e. The summed E-state index contributed by atoms with van der Waals surface area (Å²) < 4.78 is 0. The summed E-state index contributed by atoms with van der Waals surface area (Å²) in [7, 11) is 0. The number of benzene rings is 2. The minimum atomic E-state index is -0.913. The molecule has 8 nitrogen and oxygen atoms in total. The molecule has 3 aromatic rings. The molecule has 32 heavy (non-hydrogen) atoms. The summed E-state index contributed by atoms with van der Waals surface area (Å²) in [6.07, 6.45) is 1.93. The first kappa shape index (κ1) is 20.2. The Kier molecular flexibility index (Phi) is 5.13. The highest BCUT2D eigenvalue weighted by Gasteiger charge is 2.35. The maximum absolute atomic E-state index is 13.2. The first-order valence-electron chi connectivity index (χ1n) is 11.0. The molecule has 1 atom stereocenters. The molecule has 5 rings (SSSR count). The number of hydrogen-bond donors (Lipinski definition) is 3. The molecule has 1 fully saturated rings. The number of H-pyrrole nitrogens is 1. The number of rotatable bonds is 3. The van der Waals surface area contributed by atoms with E-state index in [2.05, 4.69) is 27.5 Å². The Morgan fingerprint density at radius 3 is 2.66 bits per heavy atom. The van der Waals surface area contributed by atoms with Gasteiger partial charge in [-0.1, -0.05) is 43.3 Å². The Balaban J connectivity index is 1.46. The van der Waals surface area contributed by atoms with Crippen molar-refractivity contribution in [3.05, 3.63) is 58.4 Å². The second-order valence-corrected chi connectivity index (χ2v) is 8.64. The predicted octanol–water partition coefficient (Wildman–Crippen LogP) is 3.22. The summed E-state index contributed by atoms with van der Waals surface area (Å²) in [6, 6.07) is 13.4. The molecule has 3 heterocycles. The van der Waals surface area contributed by atoms with Crippen LogP contribution in [0, 0.1) is 5.92 Å². The van der Waals surface area contributed by atoms with E-state index < -0.39 is 11.8 Å². The van der Waals surface area contributed by atoms with E-state index in [4.69, 9.17) is 0 Å². The quantitative estimate of drug-likeness (QED) is 0.590. The summed E-state index contributed by atoms with van der Waals surface area (Å²) in [5.74, 6) is -0.384. The van der Waals surface area contributed by atoms with Gasteiger partial charge in [-0.15, -0.1) is 0 Å². The van der Waals surface area contributed by atoms with Crippen LogP contribution in [0.5, 0.6) is 0 Å². The van der Waals surface area contributed by atoms with Crippen LogP contribution in [0.15, 0.2) is 47.3 Å². The molecule has 0 radical (unpaired) electrons. The van der Waals surface area contributed by atoms with E-state index >= 15 is 0 Å². The topological polar surface area (TPSA) is 107 Å². The lowest BCUT2D eigenvalue weighted by Crippen LogP contribution is -2.39. The van der Waals surface area contributed by atoms with Gasteiger partial charge in [-0.2, -0.15) is 4.98 Å². The molecule has 164 valence electrons. The van der Waals surface area contributed by atoms with Gasteiger partial charge in [-0.3, -0.25) is 19.4 Å². The van der Waals surface area contributed by atoms with Crippen LogP contribution >= 0.6 is 0 Å².